The maximum Gasteiger partial charge on any atom is 0.0592 e. The molecule has 1 heterocycles. The number of rotatable bonds is 4. The molecule has 1 aromatic rings. The van der Waals surface area contributed by atoms with Gasteiger partial charge in [0.05, 0.1) is 5.02 Å². The molecule has 0 aromatic carbocycles. The second kappa shape index (κ2) is 5.47. The van der Waals surface area contributed by atoms with Gasteiger partial charge >= 0.3 is 0 Å². The Morgan fingerprint density at radius 2 is 2.31 bits per heavy atom. The average Bonchev–Trinajstić information content (AvgIpc) is 2.04. The van der Waals surface area contributed by atoms with Gasteiger partial charge in [-0.1, -0.05) is 31.3 Å². The van der Waals surface area contributed by atoms with E-state index in [9.17, 15) is 0 Å². The van der Waals surface area contributed by atoms with Crippen LogP contribution in [-0.2, 0) is 6.54 Å². The molecule has 0 bridgehead atoms. The van der Waals surface area contributed by atoms with E-state index < -0.39 is 0 Å². The molecule has 0 fully saturated rings. The summed E-state index contributed by atoms with van der Waals surface area (Å²) in [6.45, 7) is 3.87. The molecular formula is C9H13ClN2S. The highest BCUT2D eigenvalue weighted by molar-refractivity contribution is 7.77. The van der Waals surface area contributed by atoms with E-state index in [1.54, 1.807) is 6.20 Å². The van der Waals surface area contributed by atoms with Crippen LogP contribution in [0.3, 0.4) is 0 Å². The molecule has 0 aliphatic rings. The molecule has 0 unspecified atom stereocenters. The Labute approximate surface area is 89.5 Å². The van der Waals surface area contributed by atoms with Gasteiger partial charge in [-0.25, -0.2) is 4.31 Å². The summed E-state index contributed by atoms with van der Waals surface area (Å²) in [6, 6.07) is 1.91. The fourth-order valence-electron chi connectivity index (χ4n) is 1.09. The molecule has 0 aliphatic heterocycles. The van der Waals surface area contributed by atoms with Gasteiger partial charge in [0.15, 0.2) is 0 Å². The molecule has 13 heavy (non-hydrogen) atoms. The topological polar surface area (TPSA) is 16.1 Å². The van der Waals surface area contributed by atoms with Crippen molar-refractivity contribution < 1.29 is 0 Å². The standard InChI is InChI=1S/C9H13ClN2S/c1-2-3-12(13)7-8-4-9(10)6-11-5-8/h4-6,13H,2-3,7H2,1H3. The van der Waals surface area contributed by atoms with Gasteiger partial charge in [0.2, 0.25) is 0 Å². The van der Waals surface area contributed by atoms with Gasteiger partial charge in [-0.05, 0) is 18.1 Å². The van der Waals surface area contributed by atoms with E-state index in [2.05, 4.69) is 24.7 Å². The van der Waals surface area contributed by atoms with Gasteiger partial charge in [-0.15, -0.1) is 0 Å². The molecule has 0 aliphatic carbocycles. The van der Waals surface area contributed by atoms with Crippen molar-refractivity contribution in [3.8, 4) is 0 Å². The van der Waals surface area contributed by atoms with Gasteiger partial charge < -0.3 is 0 Å². The maximum atomic E-state index is 5.80. The lowest BCUT2D eigenvalue weighted by atomic mass is 10.3. The first kappa shape index (κ1) is 10.8. The Balaban J connectivity index is 2.53. The molecule has 1 aromatic heterocycles. The minimum Gasteiger partial charge on any atom is -0.263 e. The van der Waals surface area contributed by atoms with E-state index in [4.69, 9.17) is 11.6 Å². The maximum absolute atomic E-state index is 5.80. The van der Waals surface area contributed by atoms with Crippen LogP contribution in [0.25, 0.3) is 0 Å². The minimum atomic E-state index is 0.677. The lowest BCUT2D eigenvalue weighted by molar-refractivity contribution is 0.470. The van der Waals surface area contributed by atoms with Crippen LogP contribution >= 0.6 is 24.4 Å². The van der Waals surface area contributed by atoms with Crippen LogP contribution in [0, 0.1) is 0 Å². The first-order chi connectivity index (χ1) is 6.22. The van der Waals surface area contributed by atoms with Crippen LogP contribution in [0.1, 0.15) is 18.9 Å². The number of nitrogens with zero attached hydrogens (tertiary/aromatic N) is 2. The Morgan fingerprint density at radius 3 is 2.92 bits per heavy atom. The van der Waals surface area contributed by atoms with Crippen molar-refractivity contribution >= 4 is 24.4 Å². The molecule has 0 N–H and O–H groups in total. The molecular weight excluding hydrogens is 204 g/mol. The summed E-state index contributed by atoms with van der Waals surface area (Å²) >= 11 is 10.1. The highest BCUT2D eigenvalue weighted by atomic mass is 35.5. The molecule has 0 saturated carbocycles. The van der Waals surface area contributed by atoms with Crippen molar-refractivity contribution in [2.45, 2.75) is 19.9 Å². The summed E-state index contributed by atoms with van der Waals surface area (Å²) in [5.74, 6) is 0. The third-order valence-corrected chi connectivity index (χ3v) is 2.16. The molecule has 1 rings (SSSR count). The fourth-order valence-corrected chi connectivity index (χ4v) is 1.65. The summed E-state index contributed by atoms with van der Waals surface area (Å²) in [7, 11) is 0. The van der Waals surface area contributed by atoms with Crippen LogP contribution < -0.4 is 0 Å². The monoisotopic (exact) mass is 216 g/mol. The second-order valence-corrected chi connectivity index (χ2v) is 3.90. The SMILES string of the molecule is CCCN(S)Cc1cncc(Cl)c1. The average molecular weight is 217 g/mol. The van der Waals surface area contributed by atoms with E-state index >= 15 is 0 Å². The van der Waals surface area contributed by atoms with Crippen molar-refractivity contribution in [3.05, 3.63) is 29.0 Å². The predicted molar refractivity (Wildman–Crippen MR) is 58.9 cm³/mol. The second-order valence-electron chi connectivity index (χ2n) is 2.90. The zero-order chi connectivity index (χ0) is 9.68. The zero-order valence-corrected chi connectivity index (χ0v) is 9.22. The van der Waals surface area contributed by atoms with Gasteiger partial charge in [-0.2, -0.15) is 0 Å². The molecule has 2 nitrogen and oxygen atoms in total. The van der Waals surface area contributed by atoms with Gasteiger partial charge in [0.1, 0.15) is 0 Å². The molecule has 0 atom stereocenters. The fraction of sp³-hybridized carbons (Fsp3) is 0.444. The summed E-state index contributed by atoms with van der Waals surface area (Å²) < 4.78 is 1.95. The van der Waals surface area contributed by atoms with Crippen LogP contribution in [0.15, 0.2) is 18.5 Å². The zero-order valence-electron chi connectivity index (χ0n) is 7.57. The van der Waals surface area contributed by atoms with Crippen molar-refractivity contribution in [3.63, 3.8) is 0 Å². The highest BCUT2D eigenvalue weighted by Crippen LogP contribution is 2.11. The van der Waals surface area contributed by atoms with Crippen molar-refractivity contribution in [1.82, 2.24) is 9.29 Å². The van der Waals surface area contributed by atoms with Crippen molar-refractivity contribution in [2.24, 2.45) is 0 Å². The summed E-state index contributed by atoms with van der Waals surface area (Å²) in [5, 5.41) is 0.677. The molecule has 0 saturated heterocycles. The van der Waals surface area contributed by atoms with Crippen molar-refractivity contribution in [2.75, 3.05) is 6.54 Å². The number of hydrogen-bond acceptors (Lipinski definition) is 3. The number of halogens is 1. The number of pyridine rings is 1. The molecule has 0 spiro atoms. The van der Waals surface area contributed by atoms with E-state index in [1.807, 2.05) is 16.6 Å². The van der Waals surface area contributed by atoms with Crippen molar-refractivity contribution in [1.29, 1.82) is 0 Å². The first-order valence-electron chi connectivity index (χ1n) is 4.25. The van der Waals surface area contributed by atoms with Gasteiger partial charge in [0.25, 0.3) is 0 Å². The van der Waals surface area contributed by atoms with Crippen LogP contribution in [0.2, 0.25) is 5.02 Å². The lowest BCUT2D eigenvalue weighted by Gasteiger charge is -2.13. The third kappa shape index (κ3) is 3.98. The number of aromatic nitrogens is 1. The quantitative estimate of drug-likeness (QED) is 0.780. The molecule has 72 valence electrons. The first-order valence-corrected chi connectivity index (χ1v) is 5.03. The predicted octanol–water partition coefficient (Wildman–Crippen LogP) is 2.79. The Kier molecular flexibility index (Phi) is 4.56. The van der Waals surface area contributed by atoms with Crippen LogP contribution in [0.4, 0.5) is 0 Å². The molecule has 0 radical (unpaired) electrons. The van der Waals surface area contributed by atoms with Crippen LogP contribution in [-0.4, -0.2) is 15.8 Å². The highest BCUT2D eigenvalue weighted by Gasteiger charge is 2.00. The Hall–Kier alpha value is -0.250. The van der Waals surface area contributed by atoms with E-state index in [-0.39, 0.29) is 0 Å². The molecule has 0 amide bonds. The number of thiol groups is 1. The van der Waals surface area contributed by atoms with Gasteiger partial charge in [0, 0.05) is 25.5 Å². The largest absolute Gasteiger partial charge is 0.263 e. The van der Waals surface area contributed by atoms with E-state index in [0.717, 1.165) is 25.1 Å². The van der Waals surface area contributed by atoms with Crippen LogP contribution in [0.5, 0.6) is 0 Å². The number of hydrogen-bond donors (Lipinski definition) is 1. The Morgan fingerprint density at radius 1 is 1.54 bits per heavy atom. The van der Waals surface area contributed by atoms with E-state index in [1.165, 1.54) is 0 Å². The lowest BCUT2D eigenvalue weighted by Crippen LogP contribution is -2.12. The Bertz CT molecular complexity index is 268. The van der Waals surface area contributed by atoms with E-state index in [0.29, 0.717) is 5.02 Å². The molecule has 4 heteroatoms. The normalized spacial score (nSPS) is 10.8. The smallest absolute Gasteiger partial charge is 0.0592 e. The summed E-state index contributed by atoms with van der Waals surface area (Å²) in [6.07, 6.45) is 4.54. The third-order valence-electron chi connectivity index (χ3n) is 1.61. The van der Waals surface area contributed by atoms with Gasteiger partial charge in [-0.3, -0.25) is 4.98 Å². The minimum absolute atomic E-state index is 0.677. The summed E-state index contributed by atoms with van der Waals surface area (Å²) in [5.41, 5.74) is 1.09. The summed E-state index contributed by atoms with van der Waals surface area (Å²) in [4.78, 5) is 4.00.